The van der Waals surface area contributed by atoms with Gasteiger partial charge in [-0.1, -0.05) is 23.8 Å². The molecule has 2 aromatic heterocycles. The van der Waals surface area contributed by atoms with Crippen LogP contribution in [0.4, 0.5) is 0 Å². The molecule has 1 aliphatic rings. The summed E-state index contributed by atoms with van der Waals surface area (Å²) in [6.07, 6.45) is 4.78. The quantitative estimate of drug-likeness (QED) is 0.506. The van der Waals surface area contributed by atoms with E-state index in [1.54, 1.807) is 0 Å². The highest BCUT2D eigenvalue weighted by Gasteiger charge is 2.23. The van der Waals surface area contributed by atoms with Gasteiger partial charge >= 0.3 is 0 Å². The van der Waals surface area contributed by atoms with Crippen LogP contribution < -0.4 is 0 Å². The summed E-state index contributed by atoms with van der Waals surface area (Å²) < 4.78 is 2.47. The predicted molar refractivity (Wildman–Crippen MR) is 111 cm³/mol. The van der Waals surface area contributed by atoms with Gasteiger partial charge in [0.05, 0.1) is 5.52 Å². The molecule has 0 N–H and O–H groups in total. The lowest BCUT2D eigenvalue weighted by molar-refractivity contribution is 0.311. The van der Waals surface area contributed by atoms with Crippen LogP contribution in [0.5, 0.6) is 0 Å². The van der Waals surface area contributed by atoms with Crippen molar-refractivity contribution >= 4 is 10.9 Å². The molecule has 3 nitrogen and oxygen atoms in total. The van der Waals surface area contributed by atoms with E-state index in [1.165, 1.54) is 44.5 Å². The van der Waals surface area contributed by atoms with Crippen molar-refractivity contribution in [3.05, 3.63) is 83.8 Å². The van der Waals surface area contributed by atoms with E-state index in [-0.39, 0.29) is 0 Å². The summed E-state index contributed by atoms with van der Waals surface area (Å²) in [4.78, 5) is 6.53. The van der Waals surface area contributed by atoms with Gasteiger partial charge in [0.15, 0.2) is 0 Å². The van der Waals surface area contributed by atoms with Crippen molar-refractivity contribution in [2.24, 2.45) is 0 Å². The molecule has 5 rings (SSSR count). The van der Waals surface area contributed by atoms with E-state index in [1.807, 2.05) is 12.4 Å². The van der Waals surface area contributed by atoms with Crippen LogP contribution in [0.25, 0.3) is 27.7 Å². The van der Waals surface area contributed by atoms with E-state index in [2.05, 4.69) is 83.0 Å². The van der Waals surface area contributed by atoms with Crippen LogP contribution in [0.2, 0.25) is 0 Å². The first-order valence-corrected chi connectivity index (χ1v) is 9.53. The van der Waals surface area contributed by atoms with Crippen molar-refractivity contribution < 1.29 is 0 Å². The Balaban J connectivity index is 1.67. The van der Waals surface area contributed by atoms with Crippen molar-refractivity contribution in [2.45, 2.75) is 19.9 Å². The minimum Gasteiger partial charge on any atom is -0.313 e. The summed E-state index contributed by atoms with van der Waals surface area (Å²) in [7, 11) is 2.21. The van der Waals surface area contributed by atoms with Crippen LogP contribution in [0, 0.1) is 6.92 Å². The monoisotopic (exact) mass is 353 g/mol. The maximum Gasteiger partial charge on any atom is 0.0535 e. The zero-order valence-electron chi connectivity index (χ0n) is 15.8. The third-order valence-corrected chi connectivity index (χ3v) is 5.63. The van der Waals surface area contributed by atoms with Crippen molar-refractivity contribution in [3.8, 4) is 16.8 Å². The molecule has 0 amide bonds. The largest absolute Gasteiger partial charge is 0.313 e. The molecule has 1 aliphatic heterocycles. The minimum absolute atomic E-state index is 1.03. The first kappa shape index (κ1) is 16.3. The van der Waals surface area contributed by atoms with Crippen LogP contribution in [0.15, 0.2) is 67.0 Å². The van der Waals surface area contributed by atoms with Crippen molar-refractivity contribution in [1.29, 1.82) is 0 Å². The Morgan fingerprint density at radius 2 is 1.63 bits per heavy atom. The standard InChI is InChI=1S/C24H23N3/c1-17-3-8-23-21(15-17)22-16-26(2)14-11-24(22)27(23)20-6-4-18(5-7-20)19-9-12-25-13-10-19/h3-10,12-13,15H,11,14,16H2,1-2H3. The molecule has 0 saturated heterocycles. The molecule has 0 unspecified atom stereocenters. The van der Waals surface area contributed by atoms with Crippen LogP contribution in [-0.2, 0) is 13.0 Å². The number of aromatic nitrogens is 2. The molecule has 0 bridgehead atoms. The number of pyridine rings is 1. The average Bonchev–Trinajstić information content (AvgIpc) is 3.02. The van der Waals surface area contributed by atoms with E-state index < -0.39 is 0 Å². The summed E-state index contributed by atoms with van der Waals surface area (Å²) in [6.45, 7) is 4.31. The third kappa shape index (κ3) is 2.75. The van der Waals surface area contributed by atoms with Gasteiger partial charge in [-0.15, -0.1) is 0 Å². The normalized spacial score (nSPS) is 14.4. The molecular formula is C24H23N3. The summed E-state index contributed by atoms with van der Waals surface area (Å²) >= 11 is 0. The smallest absolute Gasteiger partial charge is 0.0535 e. The number of likely N-dealkylation sites (N-methyl/N-ethyl adjacent to an activating group) is 1. The van der Waals surface area contributed by atoms with Gasteiger partial charge in [-0.25, -0.2) is 0 Å². The van der Waals surface area contributed by atoms with Crippen molar-refractivity contribution in [3.63, 3.8) is 0 Å². The molecule has 0 fully saturated rings. The molecular weight excluding hydrogens is 330 g/mol. The maximum atomic E-state index is 4.12. The Labute approximate surface area is 159 Å². The van der Waals surface area contributed by atoms with E-state index in [4.69, 9.17) is 0 Å². The summed E-state index contributed by atoms with van der Waals surface area (Å²) in [5.41, 5.74) is 9.26. The molecule has 0 spiro atoms. The Morgan fingerprint density at radius 3 is 2.41 bits per heavy atom. The fourth-order valence-electron chi connectivity index (χ4n) is 4.25. The number of hydrogen-bond acceptors (Lipinski definition) is 2. The predicted octanol–water partition coefficient (Wildman–Crippen LogP) is 4.99. The van der Waals surface area contributed by atoms with E-state index >= 15 is 0 Å². The Kier molecular flexibility index (Phi) is 3.83. The highest BCUT2D eigenvalue weighted by atomic mass is 15.1. The Hall–Kier alpha value is -2.91. The number of fused-ring (bicyclic) bond motifs is 3. The number of nitrogens with zero attached hydrogens (tertiary/aromatic N) is 3. The SMILES string of the molecule is Cc1ccc2c(c1)c1c(n2-c2ccc(-c3ccncc3)cc2)CCN(C)C1. The number of rotatable bonds is 2. The highest BCUT2D eigenvalue weighted by Crippen LogP contribution is 2.34. The Morgan fingerprint density at radius 1 is 0.889 bits per heavy atom. The lowest BCUT2D eigenvalue weighted by Crippen LogP contribution is -2.27. The molecule has 0 saturated carbocycles. The first-order chi connectivity index (χ1) is 13.2. The van der Waals surface area contributed by atoms with Gasteiger partial charge in [-0.05, 0) is 67.1 Å². The summed E-state index contributed by atoms with van der Waals surface area (Å²) in [6, 6.07) is 19.9. The molecule has 0 atom stereocenters. The van der Waals surface area contributed by atoms with E-state index in [0.29, 0.717) is 0 Å². The molecule has 4 aromatic rings. The summed E-state index contributed by atoms with van der Waals surface area (Å²) in [5, 5.41) is 1.40. The fourth-order valence-corrected chi connectivity index (χ4v) is 4.25. The topological polar surface area (TPSA) is 21.1 Å². The first-order valence-electron chi connectivity index (χ1n) is 9.53. The van der Waals surface area contributed by atoms with Crippen LogP contribution in [-0.4, -0.2) is 28.0 Å². The highest BCUT2D eigenvalue weighted by molar-refractivity contribution is 5.88. The molecule has 134 valence electrons. The number of hydrogen-bond donors (Lipinski definition) is 0. The second kappa shape index (κ2) is 6.36. The van der Waals surface area contributed by atoms with Gasteiger partial charge in [0, 0.05) is 48.7 Å². The van der Waals surface area contributed by atoms with E-state index in [0.717, 1.165) is 19.5 Å². The number of aryl methyl sites for hydroxylation is 1. The zero-order valence-corrected chi connectivity index (χ0v) is 15.8. The van der Waals surface area contributed by atoms with E-state index in [9.17, 15) is 0 Å². The minimum atomic E-state index is 1.03. The number of benzene rings is 2. The van der Waals surface area contributed by atoms with Gasteiger partial charge in [0.1, 0.15) is 0 Å². The maximum absolute atomic E-state index is 4.12. The molecule has 27 heavy (non-hydrogen) atoms. The van der Waals surface area contributed by atoms with Gasteiger partial charge in [0.25, 0.3) is 0 Å². The lowest BCUT2D eigenvalue weighted by atomic mass is 10.0. The van der Waals surface area contributed by atoms with Gasteiger partial charge in [0.2, 0.25) is 0 Å². The van der Waals surface area contributed by atoms with Crippen LogP contribution in [0.3, 0.4) is 0 Å². The van der Waals surface area contributed by atoms with Gasteiger partial charge in [-0.2, -0.15) is 0 Å². The molecule has 0 aliphatic carbocycles. The van der Waals surface area contributed by atoms with Gasteiger partial charge < -0.3 is 9.47 Å². The second-order valence-electron chi connectivity index (χ2n) is 7.55. The molecule has 3 heteroatoms. The van der Waals surface area contributed by atoms with Crippen LogP contribution >= 0.6 is 0 Å². The molecule has 3 heterocycles. The van der Waals surface area contributed by atoms with Crippen molar-refractivity contribution in [2.75, 3.05) is 13.6 Å². The third-order valence-electron chi connectivity index (χ3n) is 5.63. The zero-order chi connectivity index (χ0) is 18.4. The van der Waals surface area contributed by atoms with Gasteiger partial charge in [-0.3, -0.25) is 4.98 Å². The fraction of sp³-hybridized carbons (Fsp3) is 0.208. The molecule has 2 aromatic carbocycles. The Bertz CT molecular complexity index is 1110. The average molecular weight is 353 g/mol. The second-order valence-corrected chi connectivity index (χ2v) is 7.55. The summed E-state index contributed by atoms with van der Waals surface area (Å²) in [5.74, 6) is 0. The molecule has 0 radical (unpaired) electrons. The van der Waals surface area contributed by atoms with Crippen molar-refractivity contribution in [1.82, 2.24) is 14.5 Å². The lowest BCUT2D eigenvalue weighted by Gasteiger charge is -2.24. The van der Waals surface area contributed by atoms with Crippen LogP contribution in [0.1, 0.15) is 16.8 Å².